The number of benzene rings is 1. The van der Waals surface area contributed by atoms with E-state index in [0.29, 0.717) is 31.1 Å². The third-order valence-electron chi connectivity index (χ3n) is 4.14. The van der Waals surface area contributed by atoms with Crippen LogP contribution in [0.2, 0.25) is 5.02 Å². The van der Waals surface area contributed by atoms with E-state index in [1.807, 2.05) is 18.2 Å². The van der Waals surface area contributed by atoms with Crippen molar-refractivity contribution in [2.45, 2.75) is 38.8 Å². The molecule has 1 heterocycles. The second-order valence-corrected chi connectivity index (χ2v) is 6.34. The lowest BCUT2D eigenvalue weighted by Gasteiger charge is -2.39. The van der Waals surface area contributed by atoms with Gasteiger partial charge in [-0.3, -0.25) is 4.79 Å². The number of amides is 3. The van der Waals surface area contributed by atoms with Crippen LogP contribution in [0.5, 0.6) is 0 Å². The Morgan fingerprint density at radius 2 is 2.17 bits per heavy atom. The summed E-state index contributed by atoms with van der Waals surface area (Å²) < 4.78 is 0. The van der Waals surface area contributed by atoms with Crippen molar-refractivity contribution in [2.75, 3.05) is 20.1 Å². The Morgan fingerprint density at radius 1 is 1.39 bits per heavy atom. The van der Waals surface area contributed by atoms with Crippen LogP contribution in [0, 0.1) is 0 Å². The first-order chi connectivity index (χ1) is 11.0. The summed E-state index contributed by atoms with van der Waals surface area (Å²) in [6, 6.07) is 6.85. The first-order valence-corrected chi connectivity index (χ1v) is 8.44. The van der Waals surface area contributed by atoms with E-state index in [1.165, 1.54) is 0 Å². The van der Waals surface area contributed by atoms with Crippen molar-refractivity contribution in [3.8, 4) is 0 Å². The Balaban J connectivity index is 1.99. The summed E-state index contributed by atoms with van der Waals surface area (Å²) in [5, 5.41) is 3.54. The summed E-state index contributed by atoms with van der Waals surface area (Å²) in [4.78, 5) is 28.2. The van der Waals surface area contributed by atoms with Crippen LogP contribution >= 0.6 is 11.6 Å². The largest absolute Gasteiger partial charge is 0.342 e. The zero-order chi connectivity index (χ0) is 16.8. The van der Waals surface area contributed by atoms with Crippen LogP contribution in [0.15, 0.2) is 24.3 Å². The lowest BCUT2D eigenvalue weighted by atomic mass is 10.0. The van der Waals surface area contributed by atoms with E-state index >= 15 is 0 Å². The van der Waals surface area contributed by atoms with Gasteiger partial charge in [0.2, 0.25) is 5.91 Å². The summed E-state index contributed by atoms with van der Waals surface area (Å²) in [5.41, 5.74) is 0.941. The van der Waals surface area contributed by atoms with Crippen LogP contribution in [0.25, 0.3) is 0 Å². The van der Waals surface area contributed by atoms with E-state index < -0.39 is 0 Å². The lowest BCUT2D eigenvalue weighted by Crippen LogP contribution is -2.59. The van der Waals surface area contributed by atoms with Gasteiger partial charge in [0.1, 0.15) is 6.04 Å². The number of halogens is 1. The molecular weight excluding hydrogens is 314 g/mol. The highest BCUT2D eigenvalue weighted by molar-refractivity contribution is 6.30. The highest BCUT2D eigenvalue weighted by Gasteiger charge is 2.35. The minimum atomic E-state index is -0.354. The molecule has 0 saturated carbocycles. The maximum atomic E-state index is 12.5. The maximum absolute atomic E-state index is 12.5. The van der Waals surface area contributed by atoms with Crippen LogP contribution in [0.4, 0.5) is 4.79 Å². The van der Waals surface area contributed by atoms with Gasteiger partial charge in [-0.2, -0.15) is 0 Å². The van der Waals surface area contributed by atoms with Gasteiger partial charge < -0.3 is 15.1 Å². The SMILES string of the molecule is CCCC[C@H]1C(=O)N(C)CCN1C(=O)NCc1cccc(Cl)c1. The third-order valence-corrected chi connectivity index (χ3v) is 4.37. The minimum absolute atomic E-state index is 0.0302. The Hall–Kier alpha value is -1.75. The number of likely N-dealkylation sites (N-methyl/N-ethyl adjacent to an activating group) is 1. The fourth-order valence-electron chi connectivity index (χ4n) is 2.76. The second-order valence-electron chi connectivity index (χ2n) is 5.90. The first-order valence-electron chi connectivity index (χ1n) is 8.06. The van der Waals surface area contributed by atoms with Gasteiger partial charge in [0.05, 0.1) is 0 Å². The molecule has 1 aliphatic rings. The smallest absolute Gasteiger partial charge is 0.318 e. The van der Waals surface area contributed by atoms with Crippen LogP contribution < -0.4 is 5.32 Å². The molecule has 0 spiro atoms. The van der Waals surface area contributed by atoms with Gasteiger partial charge in [-0.1, -0.05) is 43.5 Å². The summed E-state index contributed by atoms with van der Waals surface area (Å²) >= 11 is 5.95. The fourth-order valence-corrected chi connectivity index (χ4v) is 2.97. The molecule has 6 heteroatoms. The van der Waals surface area contributed by atoms with Gasteiger partial charge in [0.25, 0.3) is 0 Å². The summed E-state index contributed by atoms with van der Waals surface area (Å²) in [6.07, 6.45) is 2.65. The standard InChI is InChI=1S/C17H24ClN3O2/c1-3-4-8-15-16(22)20(2)9-10-21(15)17(23)19-12-13-6-5-7-14(18)11-13/h5-7,11,15H,3-4,8-10,12H2,1-2H3,(H,19,23)/t15-/m0/s1. The van der Waals surface area contributed by atoms with Gasteiger partial charge in [0.15, 0.2) is 0 Å². The van der Waals surface area contributed by atoms with Crippen molar-refractivity contribution in [1.82, 2.24) is 15.1 Å². The number of urea groups is 1. The van der Waals surface area contributed by atoms with Crippen molar-refractivity contribution < 1.29 is 9.59 Å². The van der Waals surface area contributed by atoms with E-state index in [0.717, 1.165) is 18.4 Å². The number of unbranched alkanes of at least 4 members (excludes halogenated alkanes) is 1. The molecule has 0 bridgehead atoms. The molecule has 1 atom stereocenters. The Kier molecular flexibility index (Phi) is 6.28. The molecular formula is C17H24ClN3O2. The quantitative estimate of drug-likeness (QED) is 0.898. The molecule has 1 saturated heterocycles. The monoisotopic (exact) mass is 337 g/mol. The molecule has 1 aromatic rings. The van der Waals surface area contributed by atoms with Crippen LogP contribution in [0.1, 0.15) is 31.7 Å². The predicted octanol–water partition coefficient (Wildman–Crippen LogP) is 2.88. The van der Waals surface area contributed by atoms with Gasteiger partial charge >= 0.3 is 6.03 Å². The average Bonchev–Trinajstić information content (AvgIpc) is 2.54. The molecule has 5 nitrogen and oxygen atoms in total. The number of nitrogens with one attached hydrogen (secondary N) is 1. The Bertz CT molecular complexity index is 565. The molecule has 1 aromatic carbocycles. The zero-order valence-electron chi connectivity index (χ0n) is 13.7. The molecule has 126 valence electrons. The number of hydrogen-bond donors (Lipinski definition) is 1. The first kappa shape index (κ1) is 17.6. The third kappa shape index (κ3) is 4.61. The molecule has 0 aromatic heterocycles. The highest BCUT2D eigenvalue weighted by Crippen LogP contribution is 2.17. The zero-order valence-corrected chi connectivity index (χ0v) is 14.5. The molecule has 1 aliphatic heterocycles. The predicted molar refractivity (Wildman–Crippen MR) is 91.3 cm³/mol. The van der Waals surface area contributed by atoms with Gasteiger partial charge in [-0.25, -0.2) is 4.79 Å². The Morgan fingerprint density at radius 3 is 2.87 bits per heavy atom. The van der Waals surface area contributed by atoms with Crippen LogP contribution in [0.3, 0.4) is 0 Å². The van der Waals surface area contributed by atoms with E-state index in [4.69, 9.17) is 11.6 Å². The van der Waals surface area contributed by atoms with Gasteiger partial charge in [-0.05, 0) is 24.1 Å². The van der Waals surface area contributed by atoms with E-state index in [2.05, 4.69) is 12.2 Å². The van der Waals surface area contributed by atoms with Crippen molar-refractivity contribution in [3.05, 3.63) is 34.9 Å². The minimum Gasteiger partial charge on any atom is -0.342 e. The summed E-state index contributed by atoms with van der Waals surface area (Å²) in [7, 11) is 1.79. The summed E-state index contributed by atoms with van der Waals surface area (Å²) in [5.74, 6) is 0.0302. The number of rotatable bonds is 5. The van der Waals surface area contributed by atoms with Crippen molar-refractivity contribution in [3.63, 3.8) is 0 Å². The van der Waals surface area contributed by atoms with Crippen LogP contribution in [-0.4, -0.2) is 47.9 Å². The second kappa shape index (κ2) is 8.20. The lowest BCUT2D eigenvalue weighted by molar-refractivity contribution is -0.138. The number of nitrogens with zero attached hydrogens (tertiary/aromatic N) is 2. The van der Waals surface area contributed by atoms with Crippen molar-refractivity contribution in [1.29, 1.82) is 0 Å². The van der Waals surface area contributed by atoms with Gasteiger partial charge in [0, 0.05) is 31.7 Å². The summed E-state index contributed by atoms with van der Waals surface area (Å²) in [6.45, 7) is 3.63. The number of carbonyl (C=O) groups excluding carboxylic acids is 2. The van der Waals surface area contributed by atoms with Crippen LogP contribution in [-0.2, 0) is 11.3 Å². The average molecular weight is 338 g/mol. The fraction of sp³-hybridized carbons (Fsp3) is 0.529. The molecule has 0 unspecified atom stereocenters. The number of hydrogen-bond acceptors (Lipinski definition) is 2. The molecule has 1 N–H and O–H groups in total. The van der Waals surface area contributed by atoms with E-state index in [1.54, 1.807) is 22.9 Å². The molecule has 0 aliphatic carbocycles. The van der Waals surface area contributed by atoms with Crippen molar-refractivity contribution in [2.24, 2.45) is 0 Å². The molecule has 3 amide bonds. The highest BCUT2D eigenvalue weighted by atomic mass is 35.5. The van der Waals surface area contributed by atoms with E-state index in [9.17, 15) is 9.59 Å². The topological polar surface area (TPSA) is 52.7 Å². The number of carbonyl (C=O) groups is 2. The Labute approximate surface area is 142 Å². The molecule has 2 rings (SSSR count). The van der Waals surface area contributed by atoms with E-state index in [-0.39, 0.29) is 18.0 Å². The molecule has 1 fully saturated rings. The number of piperazine rings is 1. The maximum Gasteiger partial charge on any atom is 0.318 e. The molecule has 0 radical (unpaired) electrons. The van der Waals surface area contributed by atoms with Gasteiger partial charge in [-0.15, -0.1) is 0 Å². The van der Waals surface area contributed by atoms with Crippen molar-refractivity contribution >= 4 is 23.5 Å². The molecule has 23 heavy (non-hydrogen) atoms. The normalized spacial score (nSPS) is 18.2.